The van der Waals surface area contributed by atoms with E-state index in [-0.39, 0.29) is 17.7 Å². The summed E-state index contributed by atoms with van der Waals surface area (Å²) in [4.78, 5) is 24.6. The number of aryl methyl sites for hydroxylation is 1. The average molecular weight is 305 g/mol. The largest absolute Gasteiger partial charge is 0.352 e. The van der Waals surface area contributed by atoms with Crippen molar-refractivity contribution in [3.8, 4) is 0 Å². The van der Waals surface area contributed by atoms with Crippen LogP contribution in [0.2, 0.25) is 0 Å². The number of hydrogen-bond acceptors (Lipinski definition) is 3. The summed E-state index contributed by atoms with van der Waals surface area (Å²) < 4.78 is 0. The van der Waals surface area contributed by atoms with Crippen molar-refractivity contribution >= 4 is 11.8 Å². The van der Waals surface area contributed by atoms with E-state index in [1.807, 2.05) is 46.8 Å². The van der Waals surface area contributed by atoms with Gasteiger partial charge in [-0.2, -0.15) is 0 Å². The number of benzene rings is 1. The fraction of sp³-hybridized carbons (Fsp3) is 0.529. The molecule has 0 saturated carbocycles. The molecule has 22 heavy (non-hydrogen) atoms. The van der Waals surface area contributed by atoms with E-state index in [4.69, 9.17) is 5.73 Å². The van der Waals surface area contributed by atoms with Gasteiger partial charge in [-0.25, -0.2) is 0 Å². The first kappa shape index (κ1) is 18.2. The van der Waals surface area contributed by atoms with Gasteiger partial charge < -0.3 is 16.4 Å². The number of amides is 2. The summed E-state index contributed by atoms with van der Waals surface area (Å²) in [6, 6.07) is 6.70. The lowest BCUT2D eigenvalue weighted by molar-refractivity contribution is -0.124. The molecule has 1 atom stereocenters. The maximum absolute atomic E-state index is 12.3. The monoisotopic (exact) mass is 305 g/mol. The normalized spacial score (nSPS) is 12.9. The third kappa shape index (κ3) is 5.85. The van der Waals surface area contributed by atoms with Crippen LogP contribution in [0.5, 0.6) is 0 Å². The maximum Gasteiger partial charge on any atom is 0.251 e. The lowest BCUT2D eigenvalue weighted by Crippen LogP contribution is -2.53. The minimum atomic E-state index is -0.588. The van der Waals surface area contributed by atoms with Gasteiger partial charge in [-0.1, -0.05) is 31.5 Å². The molecule has 5 nitrogen and oxygen atoms in total. The summed E-state index contributed by atoms with van der Waals surface area (Å²) >= 11 is 0. The highest BCUT2D eigenvalue weighted by molar-refractivity contribution is 5.97. The van der Waals surface area contributed by atoms with Crippen LogP contribution in [0.1, 0.15) is 43.6 Å². The number of hydrogen-bond donors (Lipinski definition) is 3. The van der Waals surface area contributed by atoms with Gasteiger partial charge in [0, 0.05) is 17.6 Å². The van der Waals surface area contributed by atoms with Crippen LogP contribution >= 0.6 is 0 Å². The molecule has 122 valence electrons. The van der Waals surface area contributed by atoms with Crippen LogP contribution in [0.15, 0.2) is 24.3 Å². The molecule has 1 rings (SSSR count). The molecule has 0 aliphatic carbocycles. The van der Waals surface area contributed by atoms with Crippen molar-refractivity contribution in [1.82, 2.24) is 10.6 Å². The fourth-order valence-corrected chi connectivity index (χ4v) is 1.97. The quantitative estimate of drug-likeness (QED) is 0.746. The van der Waals surface area contributed by atoms with Crippen LogP contribution in [-0.2, 0) is 4.79 Å². The van der Waals surface area contributed by atoms with Crippen molar-refractivity contribution in [3.63, 3.8) is 0 Å². The SMILES string of the molecule is Cc1cccc(C(=O)NC(C(=O)NCC(C)(C)N)C(C)C)c1. The van der Waals surface area contributed by atoms with Gasteiger partial charge in [-0.3, -0.25) is 9.59 Å². The van der Waals surface area contributed by atoms with Crippen molar-refractivity contribution in [2.75, 3.05) is 6.54 Å². The second-order valence-electron chi connectivity index (χ2n) is 6.77. The third-order valence-electron chi connectivity index (χ3n) is 3.23. The van der Waals surface area contributed by atoms with Gasteiger partial charge in [0.05, 0.1) is 0 Å². The van der Waals surface area contributed by atoms with Crippen molar-refractivity contribution < 1.29 is 9.59 Å². The molecule has 0 aliphatic heterocycles. The van der Waals surface area contributed by atoms with Gasteiger partial charge in [0.25, 0.3) is 5.91 Å². The van der Waals surface area contributed by atoms with E-state index in [2.05, 4.69) is 10.6 Å². The van der Waals surface area contributed by atoms with E-state index >= 15 is 0 Å². The fourth-order valence-electron chi connectivity index (χ4n) is 1.97. The average Bonchev–Trinajstić information content (AvgIpc) is 2.40. The number of carbonyl (C=O) groups excluding carboxylic acids is 2. The molecule has 5 heteroatoms. The first-order valence-corrected chi connectivity index (χ1v) is 7.54. The number of rotatable bonds is 6. The Labute approximate surface area is 132 Å². The summed E-state index contributed by atoms with van der Waals surface area (Å²) in [5, 5.41) is 5.60. The molecule has 4 N–H and O–H groups in total. The molecule has 2 amide bonds. The molecule has 0 bridgehead atoms. The Hall–Kier alpha value is -1.88. The van der Waals surface area contributed by atoms with Gasteiger partial charge in [0.15, 0.2) is 0 Å². The van der Waals surface area contributed by atoms with E-state index < -0.39 is 11.6 Å². The molecule has 0 aliphatic rings. The highest BCUT2D eigenvalue weighted by Gasteiger charge is 2.25. The Kier molecular flexibility index (Phi) is 6.11. The third-order valence-corrected chi connectivity index (χ3v) is 3.23. The van der Waals surface area contributed by atoms with Crippen molar-refractivity contribution in [3.05, 3.63) is 35.4 Å². The van der Waals surface area contributed by atoms with Crippen LogP contribution in [0, 0.1) is 12.8 Å². The van der Waals surface area contributed by atoms with Crippen LogP contribution in [-0.4, -0.2) is 29.9 Å². The molecule has 1 aromatic rings. The van der Waals surface area contributed by atoms with Crippen molar-refractivity contribution in [1.29, 1.82) is 0 Å². The summed E-state index contributed by atoms with van der Waals surface area (Å²) in [5.41, 5.74) is 6.93. The smallest absolute Gasteiger partial charge is 0.251 e. The Morgan fingerprint density at radius 3 is 2.41 bits per heavy atom. The maximum atomic E-state index is 12.3. The van der Waals surface area contributed by atoms with Gasteiger partial charge in [0.1, 0.15) is 6.04 Å². The molecule has 0 saturated heterocycles. The van der Waals surface area contributed by atoms with Gasteiger partial charge >= 0.3 is 0 Å². The molecular weight excluding hydrogens is 278 g/mol. The summed E-state index contributed by atoms with van der Waals surface area (Å²) in [6.45, 7) is 9.75. The zero-order valence-corrected chi connectivity index (χ0v) is 14.1. The number of carbonyl (C=O) groups is 2. The first-order chi connectivity index (χ1) is 10.1. The van der Waals surface area contributed by atoms with Crippen molar-refractivity contribution in [2.24, 2.45) is 11.7 Å². The topological polar surface area (TPSA) is 84.2 Å². The molecule has 0 aromatic heterocycles. The van der Waals surface area contributed by atoms with Crippen LogP contribution in [0.4, 0.5) is 0 Å². The number of nitrogens with two attached hydrogens (primary N) is 1. The van der Waals surface area contributed by atoms with Gasteiger partial charge in [0.2, 0.25) is 5.91 Å². The second kappa shape index (κ2) is 7.40. The minimum absolute atomic E-state index is 0.0188. The molecule has 0 radical (unpaired) electrons. The van der Waals surface area contributed by atoms with Crippen molar-refractivity contribution in [2.45, 2.75) is 46.2 Å². The Morgan fingerprint density at radius 1 is 1.27 bits per heavy atom. The standard InChI is InChI=1S/C17H27N3O2/c1-11(2)14(16(22)19-10-17(4,5)18)20-15(21)13-8-6-7-12(3)9-13/h6-9,11,14H,10,18H2,1-5H3,(H,19,22)(H,20,21). The predicted octanol–water partition coefficient (Wildman–Crippen LogP) is 1.60. The summed E-state index contributed by atoms with van der Waals surface area (Å²) in [5.74, 6) is -0.478. The van der Waals surface area contributed by atoms with E-state index in [0.29, 0.717) is 12.1 Å². The molecule has 0 heterocycles. The molecule has 1 aromatic carbocycles. The Morgan fingerprint density at radius 2 is 1.91 bits per heavy atom. The van der Waals surface area contributed by atoms with E-state index in [0.717, 1.165) is 5.56 Å². The zero-order valence-electron chi connectivity index (χ0n) is 14.1. The molecule has 0 spiro atoms. The summed E-state index contributed by atoms with van der Waals surface area (Å²) in [6.07, 6.45) is 0. The minimum Gasteiger partial charge on any atom is -0.352 e. The van der Waals surface area contributed by atoms with Gasteiger partial charge in [-0.15, -0.1) is 0 Å². The summed E-state index contributed by atoms with van der Waals surface area (Å²) in [7, 11) is 0. The predicted molar refractivity (Wildman–Crippen MR) is 88.5 cm³/mol. The van der Waals surface area contributed by atoms with Crippen LogP contribution in [0.25, 0.3) is 0 Å². The lowest BCUT2D eigenvalue weighted by Gasteiger charge is -2.25. The Bertz CT molecular complexity index is 533. The van der Waals surface area contributed by atoms with E-state index in [9.17, 15) is 9.59 Å². The number of nitrogens with one attached hydrogen (secondary N) is 2. The van der Waals surface area contributed by atoms with Gasteiger partial charge in [-0.05, 0) is 38.8 Å². The second-order valence-corrected chi connectivity index (χ2v) is 6.77. The van der Waals surface area contributed by atoms with Crippen LogP contribution in [0.3, 0.4) is 0 Å². The first-order valence-electron chi connectivity index (χ1n) is 7.54. The molecular formula is C17H27N3O2. The molecule has 1 unspecified atom stereocenters. The molecule has 0 fully saturated rings. The Balaban J connectivity index is 2.75. The highest BCUT2D eigenvalue weighted by atomic mass is 16.2. The van der Waals surface area contributed by atoms with Crippen LogP contribution < -0.4 is 16.4 Å². The van der Waals surface area contributed by atoms with E-state index in [1.165, 1.54) is 0 Å². The highest BCUT2D eigenvalue weighted by Crippen LogP contribution is 2.07. The van der Waals surface area contributed by atoms with E-state index in [1.54, 1.807) is 12.1 Å². The zero-order chi connectivity index (χ0) is 16.9. The lowest BCUT2D eigenvalue weighted by atomic mass is 10.0.